The predicted molar refractivity (Wildman–Crippen MR) is 58.0 cm³/mol. The van der Waals surface area contributed by atoms with E-state index in [1.165, 1.54) is 33.5 Å². The van der Waals surface area contributed by atoms with Gasteiger partial charge in [-0.05, 0) is 23.9 Å². The van der Waals surface area contributed by atoms with Crippen LogP contribution < -0.4 is 14.2 Å². The van der Waals surface area contributed by atoms with Crippen molar-refractivity contribution >= 4 is 11.8 Å². The van der Waals surface area contributed by atoms with E-state index in [9.17, 15) is 13.2 Å². The lowest BCUT2D eigenvalue weighted by Crippen LogP contribution is -2.00. The fraction of sp³-hybridized carbons (Fsp3) is 0.400. The van der Waals surface area contributed by atoms with E-state index in [4.69, 9.17) is 14.2 Å². The second-order valence-corrected chi connectivity index (χ2v) is 4.05. The summed E-state index contributed by atoms with van der Waals surface area (Å²) < 4.78 is 51.6. The number of rotatable bonds is 4. The van der Waals surface area contributed by atoms with Gasteiger partial charge in [0, 0.05) is 4.90 Å². The summed E-state index contributed by atoms with van der Waals surface area (Å²) >= 11 is -0.237. The van der Waals surface area contributed by atoms with E-state index in [0.717, 1.165) is 0 Å². The fourth-order valence-electron chi connectivity index (χ4n) is 1.25. The Labute approximate surface area is 101 Å². The van der Waals surface area contributed by atoms with Crippen molar-refractivity contribution in [3.8, 4) is 17.2 Å². The Morgan fingerprint density at radius 3 is 1.71 bits per heavy atom. The summed E-state index contributed by atoms with van der Waals surface area (Å²) in [5.74, 6) is 0.652. The average Bonchev–Trinajstić information content (AvgIpc) is 2.25. The summed E-state index contributed by atoms with van der Waals surface area (Å²) in [5.41, 5.74) is -4.36. The third-order valence-electron chi connectivity index (χ3n) is 1.87. The highest BCUT2D eigenvalue weighted by Gasteiger charge is 2.30. The Bertz CT molecular complexity index is 368. The zero-order chi connectivity index (χ0) is 13.1. The zero-order valence-electron chi connectivity index (χ0n) is 9.42. The van der Waals surface area contributed by atoms with Crippen LogP contribution in [-0.2, 0) is 0 Å². The minimum Gasteiger partial charge on any atom is -0.493 e. The van der Waals surface area contributed by atoms with Crippen LogP contribution in [0.5, 0.6) is 17.2 Å². The van der Waals surface area contributed by atoms with Gasteiger partial charge >= 0.3 is 5.51 Å². The molecule has 0 aliphatic carbocycles. The molecular weight excluding hydrogens is 257 g/mol. The number of hydrogen-bond acceptors (Lipinski definition) is 4. The summed E-state index contributed by atoms with van der Waals surface area (Å²) in [7, 11) is 4.08. The molecule has 0 saturated carbocycles. The van der Waals surface area contributed by atoms with Crippen LogP contribution in [-0.4, -0.2) is 26.8 Å². The van der Waals surface area contributed by atoms with Crippen LogP contribution in [0.1, 0.15) is 0 Å². The van der Waals surface area contributed by atoms with E-state index in [1.807, 2.05) is 0 Å². The number of hydrogen-bond donors (Lipinski definition) is 0. The van der Waals surface area contributed by atoms with Crippen molar-refractivity contribution < 1.29 is 27.4 Å². The molecule has 1 aromatic rings. The van der Waals surface area contributed by atoms with Gasteiger partial charge in [-0.1, -0.05) is 0 Å². The van der Waals surface area contributed by atoms with Crippen LogP contribution in [0.2, 0.25) is 0 Å². The molecule has 3 nitrogen and oxygen atoms in total. The molecule has 17 heavy (non-hydrogen) atoms. The van der Waals surface area contributed by atoms with Gasteiger partial charge in [-0.2, -0.15) is 13.2 Å². The van der Waals surface area contributed by atoms with Gasteiger partial charge in [-0.15, -0.1) is 0 Å². The Balaban J connectivity index is 3.18. The first kappa shape index (κ1) is 13.8. The summed E-state index contributed by atoms with van der Waals surface area (Å²) in [5, 5.41) is 0. The first-order valence-corrected chi connectivity index (χ1v) is 5.28. The largest absolute Gasteiger partial charge is 0.493 e. The van der Waals surface area contributed by atoms with Gasteiger partial charge in [0.25, 0.3) is 0 Å². The van der Waals surface area contributed by atoms with Crippen molar-refractivity contribution in [3.05, 3.63) is 12.1 Å². The summed E-state index contributed by atoms with van der Waals surface area (Å²) in [6.07, 6.45) is 0. The van der Waals surface area contributed by atoms with Crippen LogP contribution in [0.3, 0.4) is 0 Å². The Morgan fingerprint density at radius 1 is 0.941 bits per heavy atom. The maximum atomic E-state index is 12.2. The Morgan fingerprint density at radius 2 is 1.41 bits per heavy atom. The van der Waals surface area contributed by atoms with Gasteiger partial charge in [-0.25, -0.2) is 0 Å². The highest BCUT2D eigenvalue weighted by Crippen LogP contribution is 2.45. The Hall–Kier alpha value is -1.24. The number of methoxy groups -OCH3 is 3. The van der Waals surface area contributed by atoms with Crippen LogP contribution in [0, 0.1) is 0 Å². The van der Waals surface area contributed by atoms with Crippen molar-refractivity contribution in [2.24, 2.45) is 0 Å². The molecule has 0 atom stereocenters. The van der Waals surface area contributed by atoms with Crippen molar-refractivity contribution in [2.45, 2.75) is 10.4 Å². The SMILES string of the molecule is COc1cc(SC(F)(F)F)cc(OC)c1OC. The Kier molecular flexibility index (Phi) is 4.39. The van der Waals surface area contributed by atoms with Gasteiger partial charge in [0.15, 0.2) is 11.5 Å². The van der Waals surface area contributed by atoms with Crippen molar-refractivity contribution in [3.63, 3.8) is 0 Å². The normalized spacial score (nSPS) is 11.2. The molecule has 0 fully saturated rings. The van der Waals surface area contributed by atoms with Crippen molar-refractivity contribution in [1.29, 1.82) is 0 Å². The second kappa shape index (κ2) is 5.39. The standard InChI is InChI=1S/C10H11F3O3S/c1-14-7-4-6(17-10(11,12)13)5-8(15-2)9(7)16-3/h4-5H,1-3H3. The van der Waals surface area contributed by atoms with Crippen LogP contribution in [0.4, 0.5) is 13.2 Å². The molecule has 0 amide bonds. The monoisotopic (exact) mass is 268 g/mol. The highest BCUT2D eigenvalue weighted by molar-refractivity contribution is 8.00. The van der Waals surface area contributed by atoms with Crippen molar-refractivity contribution in [1.82, 2.24) is 0 Å². The third-order valence-corrected chi connectivity index (χ3v) is 2.57. The number of ether oxygens (including phenoxy) is 3. The maximum absolute atomic E-state index is 12.2. The van der Waals surface area contributed by atoms with E-state index in [0.29, 0.717) is 0 Å². The third kappa shape index (κ3) is 3.62. The molecule has 0 saturated heterocycles. The van der Waals surface area contributed by atoms with E-state index < -0.39 is 5.51 Å². The van der Waals surface area contributed by atoms with E-state index in [-0.39, 0.29) is 33.9 Å². The molecular formula is C10H11F3O3S. The van der Waals surface area contributed by atoms with Gasteiger partial charge in [-0.3, -0.25) is 0 Å². The molecule has 1 rings (SSSR count). The van der Waals surface area contributed by atoms with Crippen LogP contribution >= 0.6 is 11.8 Å². The lowest BCUT2D eigenvalue weighted by molar-refractivity contribution is -0.0328. The van der Waals surface area contributed by atoms with E-state index >= 15 is 0 Å². The predicted octanol–water partition coefficient (Wildman–Crippen LogP) is 3.32. The molecule has 0 N–H and O–H groups in total. The van der Waals surface area contributed by atoms with Gasteiger partial charge in [0.2, 0.25) is 5.75 Å². The van der Waals surface area contributed by atoms with Crippen LogP contribution in [0.25, 0.3) is 0 Å². The molecule has 0 aromatic heterocycles. The smallest absolute Gasteiger partial charge is 0.446 e. The van der Waals surface area contributed by atoms with Crippen molar-refractivity contribution in [2.75, 3.05) is 21.3 Å². The lowest BCUT2D eigenvalue weighted by Gasteiger charge is -2.14. The number of halogens is 3. The quantitative estimate of drug-likeness (QED) is 0.783. The number of benzene rings is 1. The second-order valence-electron chi connectivity index (χ2n) is 2.91. The summed E-state index contributed by atoms with van der Waals surface area (Å²) in [6, 6.07) is 2.50. The molecule has 0 unspecified atom stereocenters. The summed E-state index contributed by atoms with van der Waals surface area (Å²) in [4.78, 5) is -0.0213. The number of thioether (sulfide) groups is 1. The molecule has 7 heteroatoms. The average molecular weight is 268 g/mol. The number of alkyl halides is 3. The first-order valence-electron chi connectivity index (χ1n) is 4.47. The molecule has 0 aliphatic rings. The maximum Gasteiger partial charge on any atom is 0.446 e. The van der Waals surface area contributed by atoms with Gasteiger partial charge in [0.1, 0.15) is 0 Å². The minimum absolute atomic E-state index is 0.0213. The fourth-order valence-corrected chi connectivity index (χ4v) is 1.85. The topological polar surface area (TPSA) is 27.7 Å². The molecule has 0 heterocycles. The van der Waals surface area contributed by atoms with Gasteiger partial charge < -0.3 is 14.2 Å². The molecule has 1 aromatic carbocycles. The van der Waals surface area contributed by atoms with Gasteiger partial charge in [0.05, 0.1) is 21.3 Å². The lowest BCUT2D eigenvalue weighted by atomic mass is 10.3. The molecule has 0 aliphatic heterocycles. The molecule has 0 bridgehead atoms. The first-order chi connectivity index (χ1) is 7.91. The molecule has 0 radical (unpaired) electrons. The van der Waals surface area contributed by atoms with E-state index in [1.54, 1.807) is 0 Å². The highest BCUT2D eigenvalue weighted by atomic mass is 32.2. The minimum atomic E-state index is -4.36. The summed E-state index contributed by atoms with van der Waals surface area (Å²) in [6.45, 7) is 0. The molecule has 96 valence electrons. The van der Waals surface area contributed by atoms with E-state index in [2.05, 4.69) is 0 Å². The molecule has 0 spiro atoms. The van der Waals surface area contributed by atoms with Crippen LogP contribution in [0.15, 0.2) is 17.0 Å². The zero-order valence-corrected chi connectivity index (χ0v) is 10.2.